The van der Waals surface area contributed by atoms with E-state index in [-0.39, 0.29) is 0 Å². The Morgan fingerprint density at radius 3 is 2.78 bits per heavy atom. The minimum atomic E-state index is 0.329. The average Bonchev–Trinajstić information content (AvgIpc) is 3.22. The van der Waals surface area contributed by atoms with Gasteiger partial charge in [-0.1, -0.05) is 13.0 Å². The first-order valence-electron chi connectivity index (χ1n) is 7.40. The highest BCUT2D eigenvalue weighted by Crippen LogP contribution is 2.27. The van der Waals surface area contributed by atoms with Crippen LogP contribution >= 0.6 is 0 Å². The molecule has 0 spiro atoms. The van der Waals surface area contributed by atoms with Crippen LogP contribution in [0.2, 0.25) is 0 Å². The van der Waals surface area contributed by atoms with Crippen molar-refractivity contribution in [2.45, 2.75) is 57.5 Å². The van der Waals surface area contributed by atoms with Gasteiger partial charge >= 0.3 is 0 Å². The molecule has 2 rings (SSSR count). The molecule has 2 aliphatic rings. The largest absolute Gasteiger partial charge is 0.339 e. The zero-order valence-electron chi connectivity index (χ0n) is 11.6. The van der Waals surface area contributed by atoms with E-state index in [9.17, 15) is 4.79 Å². The van der Waals surface area contributed by atoms with Crippen LogP contribution in [0, 0.1) is 0 Å². The second kappa shape index (κ2) is 6.37. The molecule has 0 aromatic carbocycles. The summed E-state index contributed by atoms with van der Waals surface area (Å²) < 4.78 is 0. The first-order valence-corrected chi connectivity index (χ1v) is 7.40. The molecule has 1 saturated carbocycles. The quantitative estimate of drug-likeness (QED) is 0.676. The molecule has 1 amide bonds. The molecule has 1 aliphatic heterocycles. The van der Waals surface area contributed by atoms with E-state index in [1.165, 1.54) is 32.1 Å². The smallest absolute Gasteiger partial charge is 0.237 e. The third-order valence-corrected chi connectivity index (χ3v) is 4.18. The Bertz CT molecular complexity index is 299. The maximum atomic E-state index is 12.4. The minimum absolute atomic E-state index is 0.329. The van der Waals surface area contributed by atoms with Crippen LogP contribution in [-0.4, -0.2) is 47.4 Å². The number of nitrogens with zero attached hydrogens (tertiary/aromatic N) is 2. The van der Waals surface area contributed by atoms with Gasteiger partial charge in [-0.3, -0.25) is 9.69 Å². The van der Waals surface area contributed by atoms with Crippen LogP contribution in [0.4, 0.5) is 0 Å². The monoisotopic (exact) mass is 250 g/mol. The molecule has 0 bridgehead atoms. The van der Waals surface area contributed by atoms with Gasteiger partial charge in [-0.15, -0.1) is 6.58 Å². The van der Waals surface area contributed by atoms with Crippen LogP contribution in [-0.2, 0) is 4.79 Å². The fourth-order valence-corrected chi connectivity index (χ4v) is 2.97. The average molecular weight is 250 g/mol. The van der Waals surface area contributed by atoms with Crippen molar-refractivity contribution in [2.24, 2.45) is 0 Å². The van der Waals surface area contributed by atoms with E-state index in [0.717, 1.165) is 19.5 Å². The maximum absolute atomic E-state index is 12.4. The van der Waals surface area contributed by atoms with Crippen molar-refractivity contribution >= 4 is 5.91 Å². The van der Waals surface area contributed by atoms with Crippen molar-refractivity contribution in [3.63, 3.8) is 0 Å². The summed E-state index contributed by atoms with van der Waals surface area (Å²) in [5, 5.41) is 0. The summed E-state index contributed by atoms with van der Waals surface area (Å²) in [6.45, 7) is 8.39. The molecule has 2 fully saturated rings. The van der Waals surface area contributed by atoms with Crippen LogP contribution in [0.5, 0.6) is 0 Å². The second-order valence-corrected chi connectivity index (χ2v) is 5.59. The van der Waals surface area contributed by atoms with Crippen LogP contribution in [0.15, 0.2) is 12.7 Å². The topological polar surface area (TPSA) is 23.6 Å². The lowest BCUT2D eigenvalue weighted by Crippen LogP contribution is -2.48. The van der Waals surface area contributed by atoms with E-state index in [0.29, 0.717) is 24.5 Å². The zero-order valence-corrected chi connectivity index (χ0v) is 11.6. The van der Waals surface area contributed by atoms with Gasteiger partial charge in [0.25, 0.3) is 0 Å². The Balaban J connectivity index is 1.90. The molecule has 1 saturated heterocycles. The zero-order chi connectivity index (χ0) is 13.0. The van der Waals surface area contributed by atoms with Gasteiger partial charge in [-0.25, -0.2) is 0 Å². The molecule has 1 atom stereocenters. The van der Waals surface area contributed by atoms with E-state index in [1.54, 1.807) is 0 Å². The lowest BCUT2D eigenvalue weighted by molar-refractivity contribution is -0.136. The van der Waals surface area contributed by atoms with Gasteiger partial charge in [-0.2, -0.15) is 0 Å². The summed E-state index contributed by atoms with van der Waals surface area (Å²) in [5.74, 6) is 0.329. The Hall–Kier alpha value is -0.830. The second-order valence-electron chi connectivity index (χ2n) is 5.59. The first kappa shape index (κ1) is 13.6. The van der Waals surface area contributed by atoms with Gasteiger partial charge < -0.3 is 4.90 Å². The number of hydrogen-bond donors (Lipinski definition) is 0. The summed E-state index contributed by atoms with van der Waals surface area (Å²) in [7, 11) is 0. The van der Waals surface area contributed by atoms with Crippen molar-refractivity contribution in [1.82, 2.24) is 9.80 Å². The molecule has 1 aliphatic carbocycles. The van der Waals surface area contributed by atoms with Gasteiger partial charge in [-0.05, 0) is 38.5 Å². The number of likely N-dealkylation sites (tertiary alicyclic amines) is 1. The molecule has 0 aromatic rings. The molecule has 0 aromatic heterocycles. The predicted octanol–water partition coefficient (Wildman–Crippen LogP) is 2.43. The summed E-state index contributed by atoms with van der Waals surface area (Å²) in [6, 6.07) is 1.12. The Morgan fingerprint density at radius 2 is 2.17 bits per heavy atom. The van der Waals surface area contributed by atoms with E-state index >= 15 is 0 Å². The Morgan fingerprint density at radius 1 is 1.39 bits per heavy atom. The third-order valence-electron chi connectivity index (χ3n) is 4.18. The van der Waals surface area contributed by atoms with Gasteiger partial charge in [0, 0.05) is 25.2 Å². The predicted molar refractivity (Wildman–Crippen MR) is 74.4 cm³/mol. The number of carbonyl (C=O) groups is 1. The van der Waals surface area contributed by atoms with Crippen LogP contribution in [0.3, 0.4) is 0 Å². The molecule has 0 N–H and O–H groups in total. The maximum Gasteiger partial charge on any atom is 0.237 e. The minimum Gasteiger partial charge on any atom is -0.339 e. The van der Waals surface area contributed by atoms with E-state index in [2.05, 4.69) is 23.3 Å². The van der Waals surface area contributed by atoms with E-state index < -0.39 is 0 Å². The Kier molecular flexibility index (Phi) is 4.81. The summed E-state index contributed by atoms with van der Waals surface area (Å²) in [4.78, 5) is 16.9. The summed E-state index contributed by atoms with van der Waals surface area (Å²) in [5.41, 5.74) is 0. The van der Waals surface area contributed by atoms with Gasteiger partial charge in [0.05, 0.1) is 6.54 Å². The fraction of sp³-hybridized carbons (Fsp3) is 0.800. The van der Waals surface area contributed by atoms with Crippen molar-refractivity contribution in [2.75, 3.05) is 19.6 Å². The number of hydrogen-bond acceptors (Lipinski definition) is 2. The number of amides is 1. The lowest BCUT2D eigenvalue weighted by atomic mass is 10.00. The highest BCUT2D eigenvalue weighted by molar-refractivity contribution is 5.78. The van der Waals surface area contributed by atoms with Crippen molar-refractivity contribution in [3.8, 4) is 0 Å². The van der Waals surface area contributed by atoms with Crippen LogP contribution in [0.25, 0.3) is 0 Å². The van der Waals surface area contributed by atoms with Crippen LogP contribution in [0.1, 0.15) is 45.4 Å². The highest BCUT2D eigenvalue weighted by Gasteiger charge is 2.32. The normalized spacial score (nSPS) is 24.3. The number of piperidine rings is 1. The molecule has 3 heteroatoms. The highest BCUT2D eigenvalue weighted by atomic mass is 16.2. The van der Waals surface area contributed by atoms with Crippen LogP contribution < -0.4 is 0 Å². The molecule has 1 heterocycles. The van der Waals surface area contributed by atoms with Gasteiger partial charge in [0.2, 0.25) is 5.91 Å². The number of carbonyl (C=O) groups excluding carboxylic acids is 1. The number of rotatable bonds is 6. The SMILES string of the molecule is C=CCN(CC(=O)N1CCCCC1CC)C1CC1. The Labute approximate surface area is 111 Å². The first-order chi connectivity index (χ1) is 8.76. The molecular weight excluding hydrogens is 224 g/mol. The van der Waals surface area contributed by atoms with Gasteiger partial charge in [0.15, 0.2) is 0 Å². The third kappa shape index (κ3) is 3.35. The van der Waals surface area contributed by atoms with E-state index in [1.807, 2.05) is 6.08 Å². The van der Waals surface area contributed by atoms with Gasteiger partial charge in [0.1, 0.15) is 0 Å². The van der Waals surface area contributed by atoms with E-state index in [4.69, 9.17) is 0 Å². The lowest BCUT2D eigenvalue weighted by Gasteiger charge is -2.36. The van der Waals surface area contributed by atoms with Crippen molar-refractivity contribution < 1.29 is 4.79 Å². The summed E-state index contributed by atoms with van der Waals surface area (Å²) in [6.07, 6.45) is 9.15. The molecular formula is C15H26N2O. The fourth-order valence-electron chi connectivity index (χ4n) is 2.97. The standard InChI is InChI=1S/C15H26N2O/c1-3-10-16(14-8-9-14)12-15(18)17-11-6-5-7-13(17)4-2/h3,13-14H,1,4-12H2,2H3. The molecule has 102 valence electrons. The van der Waals surface area contributed by atoms with Crippen molar-refractivity contribution in [3.05, 3.63) is 12.7 Å². The molecule has 18 heavy (non-hydrogen) atoms. The molecule has 3 nitrogen and oxygen atoms in total. The van der Waals surface area contributed by atoms with Crippen molar-refractivity contribution in [1.29, 1.82) is 0 Å². The summed E-state index contributed by atoms with van der Waals surface area (Å²) >= 11 is 0. The molecule has 0 radical (unpaired) electrons. The molecule has 1 unspecified atom stereocenters.